The first kappa shape index (κ1) is 12.7. The van der Waals surface area contributed by atoms with Crippen LogP contribution in [0.3, 0.4) is 0 Å². The van der Waals surface area contributed by atoms with Gasteiger partial charge in [-0.15, -0.1) is 0 Å². The van der Waals surface area contributed by atoms with Crippen molar-refractivity contribution in [2.75, 3.05) is 11.9 Å². The van der Waals surface area contributed by atoms with E-state index in [4.69, 9.17) is 4.74 Å². The van der Waals surface area contributed by atoms with Gasteiger partial charge in [0.05, 0.1) is 6.61 Å². The maximum atomic E-state index is 5.77. The van der Waals surface area contributed by atoms with Crippen molar-refractivity contribution in [3.63, 3.8) is 0 Å². The summed E-state index contributed by atoms with van der Waals surface area (Å²) in [5.74, 6) is 2.06. The molecule has 0 spiro atoms. The summed E-state index contributed by atoms with van der Waals surface area (Å²) in [6.45, 7) is 1.49. The lowest BCUT2D eigenvalue weighted by molar-refractivity contribution is 0.354. The summed E-state index contributed by atoms with van der Waals surface area (Å²) < 4.78 is 8.91. The van der Waals surface area contributed by atoms with Crippen molar-refractivity contribution in [3.05, 3.63) is 58.3 Å². The van der Waals surface area contributed by atoms with E-state index in [1.807, 2.05) is 28.8 Å². The van der Waals surface area contributed by atoms with Crippen molar-refractivity contribution in [1.29, 1.82) is 0 Å². The van der Waals surface area contributed by atoms with Crippen molar-refractivity contribution in [3.8, 4) is 5.75 Å². The first-order valence-electron chi connectivity index (χ1n) is 6.91. The van der Waals surface area contributed by atoms with Crippen LogP contribution in [0.1, 0.15) is 11.1 Å². The van der Waals surface area contributed by atoms with E-state index < -0.39 is 0 Å². The molecule has 1 aliphatic heterocycles. The smallest absolute Gasteiger partial charge is 0.138 e. The fourth-order valence-corrected chi connectivity index (χ4v) is 3.31. The summed E-state index contributed by atoms with van der Waals surface area (Å²) in [7, 11) is 0. The number of anilines is 1. The minimum Gasteiger partial charge on any atom is -0.493 e. The monoisotopic (exact) mass is 343 g/mol. The SMILES string of the molecule is Brc1cc2c(c(CNc3cccc4nccn34)c1)OCC2. The lowest BCUT2D eigenvalue weighted by atomic mass is 10.1. The molecule has 0 atom stereocenters. The van der Waals surface area contributed by atoms with E-state index in [0.717, 1.165) is 41.3 Å². The highest BCUT2D eigenvalue weighted by Crippen LogP contribution is 2.33. The molecule has 5 heteroatoms. The Hall–Kier alpha value is -2.01. The van der Waals surface area contributed by atoms with Gasteiger partial charge in [0.2, 0.25) is 0 Å². The molecule has 0 saturated carbocycles. The number of rotatable bonds is 3. The van der Waals surface area contributed by atoms with Gasteiger partial charge in [-0.2, -0.15) is 0 Å². The van der Waals surface area contributed by atoms with Gasteiger partial charge in [0.15, 0.2) is 0 Å². The number of nitrogens with zero attached hydrogens (tertiary/aromatic N) is 2. The molecule has 2 aromatic heterocycles. The number of nitrogens with one attached hydrogen (secondary N) is 1. The number of halogens is 1. The predicted octanol–water partition coefficient (Wildman–Crippen LogP) is 3.64. The van der Waals surface area contributed by atoms with E-state index >= 15 is 0 Å². The maximum absolute atomic E-state index is 5.77. The lowest BCUT2D eigenvalue weighted by Gasteiger charge is -2.12. The molecule has 4 rings (SSSR count). The third-order valence-electron chi connectivity index (χ3n) is 3.71. The largest absolute Gasteiger partial charge is 0.493 e. The molecule has 0 radical (unpaired) electrons. The molecule has 0 fully saturated rings. The minimum absolute atomic E-state index is 0.721. The van der Waals surface area contributed by atoms with Crippen LogP contribution in [0.5, 0.6) is 5.75 Å². The van der Waals surface area contributed by atoms with E-state index in [1.54, 1.807) is 6.20 Å². The summed E-state index contributed by atoms with van der Waals surface area (Å²) in [5, 5.41) is 3.47. The van der Waals surface area contributed by atoms with Crippen molar-refractivity contribution in [1.82, 2.24) is 9.38 Å². The third-order valence-corrected chi connectivity index (χ3v) is 4.17. The van der Waals surface area contributed by atoms with Gasteiger partial charge in [-0.3, -0.25) is 4.40 Å². The molecule has 3 heterocycles. The number of hydrogen-bond acceptors (Lipinski definition) is 3. The van der Waals surface area contributed by atoms with Crippen LogP contribution in [0.2, 0.25) is 0 Å². The first-order valence-corrected chi connectivity index (χ1v) is 7.70. The summed E-state index contributed by atoms with van der Waals surface area (Å²) >= 11 is 3.58. The number of benzene rings is 1. The average Bonchev–Trinajstić information content (AvgIpc) is 3.12. The number of ether oxygens (including phenoxy) is 1. The lowest BCUT2D eigenvalue weighted by Crippen LogP contribution is -2.05. The van der Waals surface area contributed by atoms with Crippen molar-refractivity contribution in [2.24, 2.45) is 0 Å². The van der Waals surface area contributed by atoms with Crippen LogP contribution in [0.15, 0.2) is 47.2 Å². The van der Waals surface area contributed by atoms with Crippen molar-refractivity contribution in [2.45, 2.75) is 13.0 Å². The van der Waals surface area contributed by atoms with Crippen LogP contribution in [0, 0.1) is 0 Å². The van der Waals surface area contributed by atoms with Gasteiger partial charge < -0.3 is 10.1 Å². The standard InChI is InChI=1S/C16H14BrN3O/c17-13-8-11-4-7-21-16(11)12(9-13)10-19-15-3-1-2-14-18-5-6-20(14)15/h1-3,5-6,8-9,19H,4,7,10H2. The Bertz CT molecular complexity index is 812. The van der Waals surface area contributed by atoms with Gasteiger partial charge in [0.1, 0.15) is 17.2 Å². The zero-order chi connectivity index (χ0) is 14.2. The number of fused-ring (bicyclic) bond motifs is 2. The van der Waals surface area contributed by atoms with Crippen LogP contribution in [0.25, 0.3) is 5.65 Å². The summed E-state index contributed by atoms with van der Waals surface area (Å²) in [6.07, 6.45) is 4.75. The Kier molecular flexibility index (Phi) is 3.07. The zero-order valence-corrected chi connectivity index (χ0v) is 12.9. The fraction of sp³-hybridized carbons (Fsp3) is 0.188. The van der Waals surface area contributed by atoms with Crippen LogP contribution in [-0.2, 0) is 13.0 Å². The van der Waals surface area contributed by atoms with Gasteiger partial charge in [-0.1, -0.05) is 22.0 Å². The van der Waals surface area contributed by atoms with Crippen LogP contribution in [-0.4, -0.2) is 16.0 Å². The summed E-state index contributed by atoms with van der Waals surface area (Å²) in [5.41, 5.74) is 3.40. The van der Waals surface area contributed by atoms with E-state index in [-0.39, 0.29) is 0 Å². The van der Waals surface area contributed by atoms with E-state index in [1.165, 1.54) is 11.1 Å². The number of pyridine rings is 1. The van der Waals surface area contributed by atoms with Gasteiger partial charge in [-0.05, 0) is 29.8 Å². The predicted molar refractivity (Wildman–Crippen MR) is 85.9 cm³/mol. The van der Waals surface area contributed by atoms with Crippen LogP contribution >= 0.6 is 15.9 Å². The molecule has 1 N–H and O–H groups in total. The zero-order valence-electron chi connectivity index (χ0n) is 11.3. The Balaban J connectivity index is 1.64. The van der Waals surface area contributed by atoms with Gasteiger partial charge in [0, 0.05) is 35.4 Å². The number of imidazole rings is 1. The Morgan fingerprint density at radius 1 is 1.33 bits per heavy atom. The molecular formula is C16H14BrN3O. The highest BCUT2D eigenvalue weighted by Gasteiger charge is 2.17. The summed E-state index contributed by atoms with van der Waals surface area (Å²) in [6, 6.07) is 10.3. The van der Waals surface area contributed by atoms with E-state index in [9.17, 15) is 0 Å². The van der Waals surface area contributed by atoms with Crippen molar-refractivity contribution >= 4 is 27.4 Å². The van der Waals surface area contributed by atoms with Crippen molar-refractivity contribution < 1.29 is 4.74 Å². The van der Waals surface area contributed by atoms with Gasteiger partial charge >= 0.3 is 0 Å². The second-order valence-corrected chi connectivity index (χ2v) is 5.99. The van der Waals surface area contributed by atoms with Crippen LogP contribution in [0.4, 0.5) is 5.82 Å². The average molecular weight is 344 g/mol. The molecule has 106 valence electrons. The number of hydrogen-bond donors (Lipinski definition) is 1. The number of aromatic nitrogens is 2. The fourth-order valence-electron chi connectivity index (χ4n) is 2.75. The minimum atomic E-state index is 0.721. The van der Waals surface area contributed by atoms with Gasteiger partial charge in [0.25, 0.3) is 0 Å². The maximum Gasteiger partial charge on any atom is 0.138 e. The second-order valence-electron chi connectivity index (χ2n) is 5.07. The Labute approximate surface area is 130 Å². The molecule has 0 aliphatic carbocycles. The third kappa shape index (κ3) is 2.27. The topological polar surface area (TPSA) is 38.6 Å². The molecule has 0 amide bonds. The second kappa shape index (κ2) is 5.07. The first-order chi connectivity index (χ1) is 10.3. The molecule has 21 heavy (non-hydrogen) atoms. The summed E-state index contributed by atoms with van der Waals surface area (Å²) in [4.78, 5) is 4.30. The highest BCUT2D eigenvalue weighted by atomic mass is 79.9. The molecule has 0 saturated heterocycles. The molecule has 0 unspecified atom stereocenters. The molecule has 1 aliphatic rings. The van der Waals surface area contributed by atoms with Gasteiger partial charge in [-0.25, -0.2) is 4.98 Å². The quantitative estimate of drug-likeness (QED) is 0.788. The molecular weight excluding hydrogens is 330 g/mol. The normalized spacial score (nSPS) is 13.2. The Morgan fingerprint density at radius 2 is 2.29 bits per heavy atom. The van der Waals surface area contributed by atoms with E-state index in [2.05, 4.69) is 38.4 Å². The highest BCUT2D eigenvalue weighted by molar-refractivity contribution is 9.10. The molecule has 1 aromatic carbocycles. The van der Waals surface area contributed by atoms with Crippen LogP contribution < -0.4 is 10.1 Å². The molecule has 4 nitrogen and oxygen atoms in total. The molecule has 3 aromatic rings. The van der Waals surface area contributed by atoms with E-state index in [0.29, 0.717) is 0 Å². The Morgan fingerprint density at radius 3 is 3.24 bits per heavy atom. The molecule has 0 bridgehead atoms.